The maximum absolute atomic E-state index is 12.1. The summed E-state index contributed by atoms with van der Waals surface area (Å²) in [5.74, 6) is -0.252. The Balaban J connectivity index is 2.52. The van der Waals surface area contributed by atoms with Crippen LogP contribution < -0.4 is 5.73 Å². The zero-order valence-electron chi connectivity index (χ0n) is 11.9. The van der Waals surface area contributed by atoms with Crippen molar-refractivity contribution >= 4 is 11.7 Å². The molecule has 0 aromatic heterocycles. The number of nitrogen functional groups attached to an aromatic ring is 1. The van der Waals surface area contributed by atoms with Gasteiger partial charge in [-0.05, 0) is 38.0 Å². The Morgan fingerprint density at radius 3 is 2.37 bits per heavy atom. The van der Waals surface area contributed by atoms with E-state index in [-0.39, 0.29) is 12.6 Å². The van der Waals surface area contributed by atoms with Gasteiger partial charge in [0.2, 0.25) is 0 Å². The van der Waals surface area contributed by atoms with E-state index in [0.29, 0.717) is 18.9 Å². The summed E-state index contributed by atoms with van der Waals surface area (Å²) >= 11 is 0. The lowest BCUT2D eigenvalue weighted by atomic mass is 9.85. The van der Waals surface area contributed by atoms with E-state index >= 15 is 0 Å². The summed E-state index contributed by atoms with van der Waals surface area (Å²) in [6.45, 7) is 7.14. The fourth-order valence-electron chi connectivity index (χ4n) is 1.64. The highest BCUT2D eigenvalue weighted by Crippen LogP contribution is 2.25. The molecule has 0 saturated heterocycles. The lowest BCUT2D eigenvalue weighted by Crippen LogP contribution is -2.32. The molecule has 1 aromatic rings. The van der Waals surface area contributed by atoms with Crippen molar-refractivity contribution in [2.24, 2.45) is 0 Å². The van der Waals surface area contributed by atoms with Crippen LogP contribution in [0, 0.1) is 0 Å². The standard InChI is InChI=1S/C15H23NO3/c1-4-9-18-10-11-19-14(17)15(2,3)12-5-7-13(16)8-6-12/h5-8H,4,9-11,16H2,1-3H3. The molecule has 1 aromatic carbocycles. The van der Waals surface area contributed by atoms with Crippen LogP contribution >= 0.6 is 0 Å². The van der Waals surface area contributed by atoms with Crippen LogP contribution in [-0.2, 0) is 19.7 Å². The molecule has 19 heavy (non-hydrogen) atoms. The lowest BCUT2D eigenvalue weighted by Gasteiger charge is -2.23. The lowest BCUT2D eigenvalue weighted by molar-refractivity contribution is -0.150. The smallest absolute Gasteiger partial charge is 0.316 e. The van der Waals surface area contributed by atoms with Crippen molar-refractivity contribution in [3.05, 3.63) is 29.8 Å². The second-order valence-electron chi connectivity index (χ2n) is 5.00. The molecule has 0 amide bonds. The minimum Gasteiger partial charge on any atom is -0.463 e. The van der Waals surface area contributed by atoms with Crippen molar-refractivity contribution in [2.75, 3.05) is 25.6 Å². The molecular formula is C15H23NO3. The molecule has 0 aliphatic carbocycles. The fourth-order valence-corrected chi connectivity index (χ4v) is 1.64. The summed E-state index contributed by atoms with van der Waals surface area (Å²) in [6, 6.07) is 7.28. The summed E-state index contributed by atoms with van der Waals surface area (Å²) < 4.78 is 10.5. The van der Waals surface area contributed by atoms with Crippen LogP contribution in [0.2, 0.25) is 0 Å². The molecule has 0 atom stereocenters. The van der Waals surface area contributed by atoms with E-state index in [2.05, 4.69) is 0 Å². The quantitative estimate of drug-likeness (QED) is 0.467. The van der Waals surface area contributed by atoms with Gasteiger partial charge >= 0.3 is 5.97 Å². The van der Waals surface area contributed by atoms with Crippen LogP contribution in [0.1, 0.15) is 32.8 Å². The Hall–Kier alpha value is -1.55. The van der Waals surface area contributed by atoms with Gasteiger partial charge in [0.25, 0.3) is 0 Å². The predicted molar refractivity (Wildman–Crippen MR) is 75.9 cm³/mol. The second kappa shape index (κ2) is 7.14. The molecule has 0 unspecified atom stereocenters. The van der Waals surface area contributed by atoms with Crippen LogP contribution in [-0.4, -0.2) is 25.8 Å². The van der Waals surface area contributed by atoms with Crippen molar-refractivity contribution < 1.29 is 14.3 Å². The van der Waals surface area contributed by atoms with Crippen LogP contribution in [0.5, 0.6) is 0 Å². The summed E-state index contributed by atoms with van der Waals surface area (Å²) in [5.41, 5.74) is 6.53. The molecule has 4 nitrogen and oxygen atoms in total. The first-order valence-corrected chi connectivity index (χ1v) is 6.59. The largest absolute Gasteiger partial charge is 0.463 e. The van der Waals surface area contributed by atoms with E-state index in [0.717, 1.165) is 12.0 Å². The van der Waals surface area contributed by atoms with E-state index in [1.54, 1.807) is 12.1 Å². The van der Waals surface area contributed by atoms with Crippen LogP contribution in [0.15, 0.2) is 24.3 Å². The Bertz CT molecular complexity index is 398. The average molecular weight is 265 g/mol. The van der Waals surface area contributed by atoms with Gasteiger partial charge in [0.1, 0.15) is 6.61 Å². The van der Waals surface area contributed by atoms with Crippen molar-refractivity contribution in [1.82, 2.24) is 0 Å². The molecular weight excluding hydrogens is 242 g/mol. The van der Waals surface area contributed by atoms with Crippen molar-refractivity contribution in [3.63, 3.8) is 0 Å². The van der Waals surface area contributed by atoms with Gasteiger partial charge in [0.15, 0.2) is 0 Å². The zero-order chi connectivity index (χ0) is 14.3. The third-order valence-electron chi connectivity index (χ3n) is 2.95. The first-order chi connectivity index (χ1) is 8.98. The fraction of sp³-hybridized carbons (Fsp3) is 0.533. The molecule has 0 fully saturated rings. The molecule has 0 spiro atoms. The van der Waals surface area contributed by atoms with Crippen LogP contribution in [0.4, 0.5) is 5.69 Å². The number of carbonyl (C=O) groups excluding carboxylic acids is 1. The van der Waals surface area contributed by atoms with Crippen molar-refractivity contribution in [3.8, 4) is 0 Å². The Morgan fingerprint density at radius 1 is 1.16 bits per heavy atom. The Kier molecular flexibility index (Phi) is 5.83. The van der Waals surface area contributed by atoms with E-state index in [9.17, 15) is 4.79 Å². The minimum atomic E-state index is -0.682. The maximum Gasteiger partial charge on any atom is 0.316 e. The average Bonchev–Trinajstić information content (AvgIpc) is 2.38. The van der Waals surface area contributed by atoms with Gasteiger partial charge in [0, 0.05) is 12.3 Å². The Labute approximate surface area is 114 Å². The zero-order valence-corrected chi connectivity index (χ0v) is 11.9. The first kappa shape index (κ1) is 15.5. The maximum atomic E-state index is 12.1. The number of nitrogens with two attached hydrogens (primary N) is 1. The molecule has 0 aliphatic rings. The molecule has 106 valence electrons. The third kappa shape index (κ3) is 4.56. The van der Waals surface area contributed by atoms with Gasteiger partial charge in [0.05, 0.1) is 12.0 Å². The second-order valence-corrected chi connectivity index (χ2v) is 5.00. The normalized spacial score (nSPS) is 11.3. The highest BCUT2D eigenvalue weighted by molar-refractivity contribution is 5.82. The molecule has 2 N–H and O–H groups in total. The van der Waals surface area contributed by atoms with Crippen molar-refractivity contribution in [2.45, 2.75) is 32.6 Å². The molecule has 0 heterocycles. The molecule has 1 rings (SSSR count). The SMILES string of the molecule is CCCOCCOC(=O)C(C)(C)c1ccc(N)cc1. The number of hydrogen-bond acceptors (Lipinski definition) is 4. The van der Waals surface area contributed by atoms with Crippen molar-refractivity contribution in [1.29, 1.82) is 0 Å². The summed E-state index contributed by atoms with van der Waals surface area (Å²) in [6.07, 6.45) is 0.963. The number of anilines is 1. The van der Waals surface area contributed by atoms with Gasteiger partial charge in [-0.3, -0.25) is 4.79 Å². The van der Waals surface area contributed by atoms with E-state index in [1.807, 2.05) is 32.9 Å². The molecule has 0 saturated carbocycles. The van der Waals surface area contributed by atoms with Gasteiger partial charge in [-0.1, -0.05) is 19.1 Å². The van der Waals surface area contributed by atoms with Gasteiger partial charge in [-0.25, -0.2) is 0 Å². The number of esters is 1. The third-order valence-corrected chi connectivity index (χ3v) is 2.95. The number of rotatable bonds is 7. The highest BCUT2D eigenvalue weighted by Gasteiger charge is 2.31. The van der Waals surface area contributed by atoms with Gasteiger partial charge in [-0.2, -0.15) is 0 Å². The number of ether oxygens (including phenoxy) is 2. The van der Waals surface area contributed by atoms with Gasteiger partial charge < -0.3 is 15.2 Å². The van der Waals surface area contributed by atoms with Gasteiger partial charge in [-0.15, -0.1) is 0 Å². The molecule has 4 heteroatoms. The van der Waals surface area contributed by atoms with Crippen LogP contribution in [0.3, 0.4) is 0 Å². The summed E-state index contributed by atoms with van der Waals surface area (Å²) in [7, 11) is 0. The summed E-state index contributed by atoms with van der Waals surface area (Å²) in [5, 5.41) is 0. The molecule has 0 radical (unpaired) electrons. The van der Waals surface area contributed by atoms with E-state index < -0.39 is 5.41 Å². The minimum absolute atomic E-state index is 0.252. The van der Waals surface area contributed by atoms with E-state index in [1.165, 1.54) is 0 Å². The number of hydrogen-bond donors (Lipinski definition) is 1. The molecule has 0 aliphatic heterocycles. The Morgan fingerprint density at radius 2 is 1.79 bits per heavy atom. The predicted octanol–water partition coefficient (Wildman–Crippen LogP) is 2.52. The van der Waals surface area contributed by atoms with E-state index in [4.69, 9.17) is 15.2 Å². The first-order valence-electron chi connectivity index (χ1n) is 6.59. The molecule has 0 bridgehead atoms. The number of benzene rings is 1. The van der Waals surface area contributed by atoms with Crippen LogP contribution in [0.25, 0.3) is 0 Å². The highest BCUT2D eigenvalue weighted by atomic mass is 16.6. The topological polar surface area (TPSA) is 61.5 Å². The monoisotopic (exact) mass is 265 g/mol. The number of carbonyl (C=O) groups is 1. The summed E-state index contributed by atoms with van der Waals surface area (Å²) in [4.78, 5) is 12.1.